The number of rotatable bonds is 3. The molecule has 34 heavy (non-hydrogen) atoms. The molecule has 1 heterocycles. The standard InChI is InChI=1S/C32H27NO/c1-32(2,3)27-20-23-12-7-8-13-25(23)29-26-14-9-15-28(30(26)34-31(27)29)33-24-18-16-22(17-19-24)21-10-5-4-6-11-21/h4-20,33H,1-3H3. The van der Waals surface area contributed by atoms with Crippen molar-refractivity contribution >= 4 is 44.1 Å². The first-order valence-electron chi connectivity index (χ1n) is 11.8. The summed E-state index contributed by atoms with van der Waals surface area (Å²) in [5.74, 6) is 0. The van der Waals surface area contributed by atoms with Gasteiger partial charge in [0.2, 0.25) is 0 Å². The average Bonchev–Trinajstić information content (AvgIpc) is 3.25. The highest BCUT2D eigenvalue weighted by atomic mass is 16.3. The molecule has 5 aromatic carbocycles. The Morgan fingerprint density at radius 1 is 0.618 bits per heavy atom. The number of nitrogens with one attached hydrogen (secondary N) is 1. The van der Waals surface area contributed by atoms with Gasteiger partial charge in [0.25, 0.3) is 0 Å². The smallest absolute Gasteiger partial charge is 0.158 e. The summed E-state index contributed by atoms with van der Waals surface area (Å²) in [5, 5.41) is 8.41. The van der Waals surface area contributed by atoms with Crippen LogP contribution in [0.25, 0.3) is 43.8 Å². The van der Waals surface area contributed by atoms with E-state index in [9.17, 15) is 0 Å². The van der Waals surface area contributed by atoms with Crippen molar-refractivity contribution in [2.75, 3.05) is 5.32 Å². The number of hydrogen-bond donors (Lipinski definition) is 1. The molecule has 0 unspecified atom stereocenters. The molecule has 6 aromatic rings. The van der Waals surface area contributed by atoms with Crippen molar-refractivity contribution in [3.05, 3.63) is 109 Å². The van der Waals surface area contributed by atoms with Gasteiger partial charge in [-0.1, -0.05) is 99.6 Å². The molecule has 166 valence electrons. The van der Waals surface area contributed by atoms with Crippen molar-refractivity contribution in [2.45, 2.75) is 26.2 Å². The lowest BCUT2D eigenvalue weighted by molar-refractivity contribution is 0.574. The summed E-state index contributed by atoms with van der Waals surface area (Å²) in [5.41, 5.74) is 7.51. The van der Waals surface area contributed by atoms with Crippen molar-refractivity contribution in [3.8, 4) is 11.1 Å². The van der Waals surface area contributed by atoms with Crippen LogP contribution in [0.15, 0.2) is 108 Å². The molecule has 1 N–H and O–H groups in total. The summed E-state index contributed by atoms with van der Waals surface area (Å²) in [7, 11) is 0. The fraction of sp³-hybridized carbons (Fsp3) is 0.125. The van der Waals surface area contributed by atoms with Gasteiger partial charge in [-0.05, 0) is 51.6 Å². The first-order chi connectivity index (χ1) is 16.5. The van der Waals surface area contributed by atoms with Crippen LogP contribution in [0.1, 0.15) is 26.3 Å². The zero-order valence-electron chi connectivity index (χ0n) is 19.7. The van der Waals surface area contributed by atoms with Crippen molar-refractivity contribution in [2.24, 2.45) is 0 Å². The largest absolute Gasteiger partial charge is 0.454 e. The zero-order valence-corrected chi connectivity index (χ0v) is 19.7. The summed E-state index contributed by atoms with van der Waals surface area (Å²) < 4.78 is 6.65. The van der Waals surface area contributed by atoms with Gasteiger partial charge >= 0.3 is 0 Å². The average molecular weight is 442 g/mol. The number of furan rings is 1. The van der Waals surface area contributed by atoms with E-state index in [1.54, 1.807) is 0 Å². The summed E-state index contributed by atoms with van der Waals surface area (Å²) in [6, 6.07) is 36.3. The number of para-hydroxylation sites is 1. The Balaban J connectivity index is 1.50. The van der Waals surface area contributed by atoms with Gasteiger partial charge in [-0.2, -0.15) is 0 Å². The fourth-order valence-electron chi connectivity index (χ4n) is 4.84. The molecule has 0 aliphatic rings. The minimum Gasteiger partial charge on any atom is -0.454 e. The van der Waals surface area contributed by atoms with Gasteiger partial charge in [0.15, 0.2) is 5.58 Å². The maximum atomic E-state index is 6.65. The SMILES string of the molecule is CC(C)(C)c1cc2ccccc2c2c1oc1c(Nc3ccc(-c4ccccc4)cc3)cccc12. The van der Waals surface area contributed by atoms with Crippen molar-refractivity contribution < 1.29 is 4.42 Å². The highest BCUT2D eigenvalue weighted by Gasteiger charge is 2.23. The van der Waals surface area contributed by atoms with E-state index in [1.807, 2.05) is 6.07 Å². The topological polar surface area (TPSA) is 25.2 Å². The fourth-order valence-corrected chi connectivity index (χ4v) is 4.84. The van der Waals surface area contributed by atoms with Crippen LogP contribution in [0.3, 0.4) is 0 Å². The van der Waals surface area contributed by atoms with E-state index < -0.39 is 0 Å². The number of anilines is 2. The number of benzene rings is 5. The summed E-state index contributed by atoms with van der Waals surface area (Å²) in [4.78, 5) is 0. The second-order valence-corrected chi connectivity index (χ2v) is 9.95. The van der Waals surface area contributed by atoms with E-state index in [-0.39, 0.29) is 5.41 Å². The van der Waals surface area contributed by atoms with Gasteiger partial charge in [0.1, 0.15) is 5.58 Å². The van der Waals surface area contributed by atoms with Gasteiger partial charge in [-0.25, -0.2) is 0 Å². The lowest BCUT2D eigenvalue weighted by Crippen LogP contribution is -2.11. The first-order valence-corrected chi connectivity index (χ1v) is 11.8. The van der Waals surface area contributed by atoms with Gasteiger partial charge in [-0.3, -0.25) is 0 Å². The van der Waals surface area contributed by atoms with Crippen LogP contribution in [0.4, 0.5) is 11.4 Å². The Labute approximate surface area is 199 Å². The van der Waals surface area contributed by atoms with E-state index in [1.165, 1.54) is 32.8 Å². The van der Waals surface area contributed by atoms with Crippen LogP contribution in [0, 0.1) is 0 Å². The van der Waals surface area contributed by atoms with E-state index >= 15 is 0 Å². The van der Waals surface area contributed by atoms with E-state index in [0.717, 1.165) is 27.9 Å². The van der Waals surface area contributed by atoms with Crippen molar-refractivity contribution in [3.63, 3.8) is 0 Å². The maximum Gasteiger partial charge on any atom is 0.158 e. The Morgan fingerprint density at radius 2 is 1.29 bits per heavy atom. The molecule has 0 amide bonds. The summed E-state index contributed by atoms with van der Waals surface area (Å²) in [6.07, 6.45) is 0. The van der Waals surface area contributed by atoms with E-state index in [4.69, 9.17) is 4.42 Å². The van der Waals surface area contributed by atoms with E-state index in [2.05, 4.69) is 123 Å². The highest BCUT2D eigenvalue weighted by molar-refractivity contribution is 6.21. The van der Waals surface area contributed by atoms with Crippen LogP contribution in [-0.4, -0.2) is 0 Å². The van der Waals surface area contributed by atoms with Gasteiger partial charge < -0.3 is 9.73 Å². The van der Waals surface area contributed by atoms with Gasteiger partial charge in [0.05, 0.1) is 5.69 Å². The molecule has 0 radical (unpaired) electrons. The predicted molar refractivity (Wildman–Crippen MR) is 145 cm³/mol. The quantitative estimate of drug-likeness (QED) is 0.296. The van der Waals surface area contributed by atoms with E-state index in [0.29, 0.717) is 0 Å². The van der Waals surface area contributed by atoms with Crippen LogP contribution >= 0.6 is 0 Å². The molecule has 6 rings (SSSR count). The molecule has 0 atom stereocenters. The maximum absolute atomic E-state index is 6.65. The van der Waals surface area contributed by atoms with Crippen LogP contribution in [0.5, 0.6) is 0 Å². The lowest BCUT2D eigenvalue weighted by atomic mass is 9.84. The van der Waals surface area contributed by atoms with Gasteiger partial charge in [-0.15, -0.1) is 0 Å². The lowest BCUT2D eigenvalue weighted by Gasteiger charge is -2.20. The minimum absolute atomic E-state index is 0.0307. The Kier molecular flexibility index (Phi) is 4.70. The molecule has 0 saturated carbocycles. The molecule has 0 spiro atoms. The summed E-state index contributed by atoms with van der Waals surface area (Å²) in [6.45, 7) is 6.74. The molecule has 1 aromatic heterocycles. The molecule has 2 nitrogen and oxygen atoms in total. The minimum atomic E-state index is -0.0307. The predicted octanol–water partition coefficient (Wildman–Crippen LogP) is 9.45. The Hall–Kier alpha value is -4.04. The molecular weight excluding hydrogens is 414 g/mol. The second kappa shape index (κ2) is 7.78. The van der Waals surface area contributed by atoms with Crippen LogP contribution in [0.2, 0.25) is 0 Å². The summed E-state index contributed by atoms with van der Waals surface area (Å²) >= 11 is 0. The molecular formula is C32H27NO. The zero-order chi connectivity index (χ0) is 23.3. The second-order valence-electron chi connectivity index (χ2n) is 9.95. The highest BCUT2D eigenvalue weighted by Crippen LogP contribution is 2.43. The monoisotopic (exact) mass is 441 g/mol. The molecule has 0 fully saturated rings. The first kappa shape index (κ1) is 20.6. The number of fused-ring (bicyclic) bond motifs is 5. The molecule has 0 bridgehead atoms. The third-order valence-corrected chi connectivity index (χ3v) is 6.57. The third kappa shape index (κ3) is 3.43. The van der Waals surface area contributed by atoms with Gasteiger partial charge in [0, 0.05) is 22.0 Å². The molecule has 0 aliphatic carbocycles. The Morgan fingerprint density at radius 3 is 2.06 bits per heavy atom. The third-order valence-electron chi connectivity index (χ3n) is 6.57. The normalized spacial score (nSPS) is 12.0. The molecule has 0 saturated heterocycles. The molecule has 2 heteroatoms. The van der Waals surface area contributed by atoms with Crippen molar-refractivity contribution in [1.29, 1.82) is 0 Å². The van der Waals surface area contributed by atoms with Crippen LogP contribution < -0.4 is 5.32 Å². The number of hydrogen-bond acceptors (Lipinski definition) is 2. The van der Waals surface area contributed by atoms with Crippen LogP contribution in [-0.2, 0) is 5.41 Å². The van der Waals surface area contributed by atoms with Crippen molar-refractivity contribution in [1.82, 2.24) is 0 Å². The Bertz CT molecular complexity index is 1630. The molecule has 0 aliphatic heterocycles.